The van der Waals surface area contributed by atoms with E-state index in [9.17, 15) is 8.78 Å². The predicted molar refractivity (Wildman–Crippen MR) is 70.0 cm³/mol. The number of hydrogen-bond acceptors (Lipinski definition) is 4. The van der Waals surface area contributed by atoms with Gasteiger partial charge in [-0.15, -0.1) is 0 Å². The lowest BCUT2D eigenvalue weighted by Gasteiger charge is -2.09. The van der Waals surface area contributed by atoms with Crippen molar-refractivity contribution in [1.82, 2.24) is 4.98 Å². The number of halogens is 2. The van der Waals surface area contributed by atoms with E-state index >= 15 is 0 Å². The van der Waals surface area contributed by atoms with Crippen LogP contribution in [0.15, 0.2) is 22.9 Å². The van der Waals surface area contributed by atoms with Gasteiger partial charge in [0.05, 0.1) is 0 Å². The molecule has 0 aliphatic heterocycles. The highest BCUT2D eigenvalue weighted by Crippen LogP contribution is 2.19. The van der Waals surface area contributed by atoms with E-state index in [4.69, 9.17) is 0 Å². The Kier molecular flexibility index (Phi) is 4.09. The first-order chi connectivity index (χ1) is 8.70. The lowest BCUT2D eigenvalue weighted by Crippen LogP contribution is -2.08. The van der Waals surface area contributed by atoms with E-state index in [0.29, 0.717) is 13.1 Å². The molecule has 2 N–H and O–H groups in total. The summed E-state index contributed by atoms with van der Waals surface area (Å²) >= 11 is 1.57. The Hall–Kier alpha value is -1.69. The van der Waals surface area contributed by atoms with Gasteiger partial charge in [0, 0.05) is 19.2 Å². The van der Waals surface area contributed by atoms with Crippen LogP contribution in [0.2, 0.25) is 0 Å². The van der Waals surface area contributed by atoms with Gasteiger partial charge in [0.25, 0.3) is 0 Å². The molecule has 0 fully saturated rings. The highest BCUT2D eigenvalue weighted by Gasteiger charge is 2.11. The topological polar surface area (TPSA) is 37.0 Å². The van der Waals surface area contributed by atoms with Crippen molar-refractivity contribution in [2.75, 3.05) is 17.2 Å². The quantitative estimate of drug-likeness (QED) is 0.872. The second-order valence-corrected chi connectivity index (χ2v) is 4.44. The van der Waals surface area contributed by atoms with Crippen LogP contribution < -0.4 is 10.6 Å². The van der Waals surface area contributed by atoms with E-state index in [1.165, 1.54) is 0 Å². The third kappa shape index (κ3) is 2.95. The minimum absolute atomic E-state index is 0.0542. The molecular formula is C12H13F2N3S. The number of aromatic nitrogens is 1. The SMILES string of the molecule is CCNc1nc(NCc2ccsc2)c(F)cc1F. The third-order valence-corrected chi connectivity index (χ3v) is 3.05. The van der Waals surface area contributed by atoms with Crippen molar-refractivity contribution in [3.05, 3.63) is 40.1 Å². The van der Waals surface area contributed by atoms with Crippen LogP contribution in [0.3, 0.4) is 0 Å². The third-order valence-electron chi connectivity index (χ3n) is 2.31. The van der Waals surface area contributed by atoms with Crippen LogP contribution in [0.5, 0.6) is 0 Å². The molecule has 0 radical (unpaired) electrons. The first kappa shape index (κ1) is 12.8. The Balaban J connectivity index is 2.13. The van der Waals surface area contributed by atoms with Gasteiger partial charge in [-0.25, -0.2) is 13.8 Å². The summed E-state index contributed by atoms with van der Waals surface area (Å²) < 4.78 is 26.8. The van der Waals surface area contributed by atoms with Crippen LogP contribution in [0, 0.1) is 11.6 Å². The average Bonchev–Trinajstić information content (AvgIpc) is 2.84. The van der Waals surface area contributed by atoms with Crippen molar-refractivity contribution in [2.24, 2.45) is 0 Å². The number of thiophene rings is 1. The van der Waals surface area contributed by atoms with Gasteiger partial charge in [-0.3, -0.25) is 0 Å². The molecule has 0 saturated heterocycles. The molecule has 0 saturated carbocycles. The Morgan fingerprint density at radius 1 is 1.22 bits per heavy atom. The summed E-state index contributed by atoms with van der Waals surface area (Å²) in [6, 6.07) is 2.77. The highest BCUT2D eigenvalue weighted by molar-refractivity contribution is 7.07. The highest BCUT2D eigenvalue weighted by atomic mass is 32.1. The summed E-state index contributed by atoms with van der Waals surface area (Å²) in [6.45, 7) is 2.81. The fraction of sp³-hybridized carbons (Fsp3) is 0.250. The van der Waals surface area contributed by atoms with E-state index in [1.54, 1.807) is 11.3 Å². The largest absolute Gasteiger partial charge is 0.368 e. The molecule has 0 spiro atoms. The van der Waals surface area contributed by atoms with Crippen LogP contribution in [0.4, 0.5) is 20.4 Å². The Morgan fingerprint density at radius 2 is 1.94 bits per heavy atom. The molecule has 2 aromatic heterocycles. The van der Waals surface area contributed by atoms with Crippen molar-refractivity contribution < 1.29 is 8.78 Å². The lowest BCUT2D eigenvalue weighted by molar-refractivity contribution is 0.578. The number of hydrogen-bond donors (Lipinski definition) is 2. The maximum absolute atomic E-state index is 13.5. The standard InChI is InChI=1S/C12H13F2N3S/c1-2-15-11-9(13)5-10(14)12(17-11)16-6-8-3-4-18-7-8/h3-5,7H,2,6H2,1H3,(H2,15,16,17). The van der Waals surface area contributed by atoms with Gasteiger partial charge in [0.2, 0.25) is 0 Å². The predicted octanol–water partition coefficient (Wildman–Crippen LogP) is 3.47. The van der Waals surface area contributed by atoms with E-state index in [0.717, 1.165) is 11.6 Å². The molecule has 0 aliphatic carbocycles. The van der Waals surface area contributed by atoms with Crippen LogP contribution in [-0.4, -0.2) is 11.5 Å². The van der Waals surface area contributed by atoms with Crippen molar-refractivity contribution in [3.63, 3.8) is 0 Å². The Labute approximate surface area is 108 Å². The second-order valence-electron chi connectivity index (χ2n) is 3.66. The number of pyridine rings is 1. The fourth-order valence-corrected chi connectivity index (χ4v) is 2.13. The van der Waals surface area contributed by atoms with Gasteiger partial charge in [-0.2, -0.15) is 11.3 Å². The number of rotatable bonds is 5. The molecule has 0 atom stereocenters. The number of anilines is 2. The van der Waals surface area contributed by atoms with Crippen molar-refractivity contribution in [1.29, 1.82) is 0 Å². The summed E-state index contributed by atoms with van der Waals surface area (Å²) in [5.41, 5.74) is 1.04. The van der Waals surface area contributed by atoms with Gasteiger partial charge >= 0.3 is 0 Å². The minimum atomic E-state index is -0.690. The van der Waals surface area contributed by atoms with Gasteiger partial charge in [0.1, 0.15) is 0 Å². The molecule has 3 nitrogen and oxygen atoms in total. The molecule has 2 rings (SSSR count). The monoisotopic (exact) mass is 269 g/mol. The Bertz CT molecular complexity index is 514. The van der Waals surface area contributed by atoms with Gasteiger partial charge in [-0.1, -0.05) is 0 Å². The first-order valence-corrected chi connectivity index (χ1v) is 6.50. The molecule has 0 bridgehead atoms. The fourth-order valence-electron chi connectivity index (χ4n) is 1.46. The first-order valence-electron chi connectivity index (χ1n) is 5.55. The molecule has 6 heteroatoms. The summed E-state index contributed by atoms with van der Waals surface area (Å²) in [5, 5.41) is 9.50. The molecule has 2 heterocycles. The van der Waals surface area contributed by atoms with E-state index in [-0.39, 0.29) is 11.6 Å². The van der Waals surface area contributed by atoms with Crippen molar-refractivity contribution in [2.45, 2.75) is 13.5 Å². The van der Waals surface area contributed by atoms with Crippen molar-refractivity contribution in [3.8, 4) is 0 Å². The molecule has 2 aromatic rings. The molecule has 96 valence electrons. The molecule has 0 aromatic carbocycles. The molecular weight excluding hydrogens is 256 g/mol. The second kappa shape index (κ2) is 5.77. The Morgan fingerprint density at radius 3 is 2.56 bits per heavy atom. The zero-order chi connectivity index (χ0) is 13.0. The van der Waals surface area contributed by atoms with E-state index in [2.05, 4.69) is 15.6 Å². The van der Waals surface area contributed by atoms with Crippen LogP contribution in [0.1, 0.15) is 12.5 Å². The van der Waals surface area contributed by atoms with E-state index in [1.807, 2.05) is 23.8 Å². The van der Waals surface area contributed by atoms with E-state index < -0.39 is 11.6 Å². The summed E-state index contributed by atoms with van der Waals surface area (Å²) in [7, 11) is 0. The molecule has 18 heavy (non-hydrogen) atoms. The normalized spacial score (nSPS) is 10.4. The zero-order valence-corrected chi connectivity index (χ0v) is 10.7. The summed E-state index contributed by atoms with van der Waals surface area (Å²) in [5.74, 6) is -1.26. The minimum Gasteiger partial charge on any atom is -0.368 e. The lowest BCUT2D eigenvalue weighted by atomic mass is 10.3. The zero-order valence-electron chi connectivity index (χ0n) is 9.84. The maximum Gasteiger partial charge on any atom is 0.168 e. The van der Waals surface area contributed by atoms with Gasteiger partial charge in [0.15, 0.2) is 23.3 Å². The smallest absolute Gasteiger partial charge is 0.168 e. The average molecular weight is 269 g/mol. The van der Waals surface area contributed by atoms with Crippen LogP contribution in [0.25, 0.3) is 0 Å². The van der Waals surface area contributed by atoms with Gasteiger partial charge < -0.3 is 10.6 Å². The summed E-state index contributed by atoms with van der Waals surface area (Å²) in [6.07, 6.45) is 0. The van der Waals surface area contributed by atoms with Crippen LogP contribution >= 0.6 is 11.3 Å². The molecule has 0 amide bonds. The number of nitrogens with one attached hydrogen (secondary N) is 2. The summed E-state index contributed by atoms with van der Waals surface area (Å²) in [4.78, 5) is 3.89. The molecule has 0 unspecified atom stereocenters. The van der Waals surface area contributed by atoms with Crippen molar-refractivity contribution >= 4 is 23.0 Å². The van der Waals surface area contributed by atoms with Crippen LogP contribution in [-0.2, 0) is 6.54 Å². The number of nitrogens with zero attached hydrogens (tertiary/aromatic N) is 1. The maximum atomic E-state index is 13.5. The molecule has 0 aliphatic rings. The van der Waals surface area contributed by atoms with Gasteiger partial charge in [-0.05, 0) is 29.3 Å².